The van der Waals surface area contributed by atoms with Crippen LogP contribution in [0.1, 0.15) is 31.3 Å². The molecule has 1 amide bonds. The molecule has 10 nitrogen and oxygen atoms in total. The molecule has 1 aliphatic rings. The normalized spacial score (nSPS) is 14.5. The molecule has 30 heavy (non-hydrogen) atoms. The molecule has 160 valence electrons. The average Bonchev–Trinajstić information content (AvgIpc) is 2.70. The molecule has 0 spiro atoms. The number of nitro benzene ring substituents is 1. The van der Waals surface area contributed by atoms with E-state index in [-0.39, 0.29) is 17.5 Å². The summed E-state index contributed by atoms with van der Waals surface area (Å²) < 4.78 is 10.2. The number of fused-ring (bicyclic) bond motifs is 1. The highest BCUT2D eigenvalue weighted by atomic mass is 16.6. The number of nitro groups is 1. The fourth-order valence-corrected chi connectivity index (χ4v) is 3.24. The van der Waals surface area contributed by atoms with Crippen molar-refractivity contribution < 1.29 is 24.0 Å². The van der Waals surface area contributed by atoms with Crippen LogP contribution in [0.4, 0.5) is 16.2 Å². The number of carbonyl (C=O) groups is 2. The molecule has 1 aliphatic heterocycles. The number of carbonyl (C=O) groups excluding carboxylic acids is 2. The fourth-order valence-electron chi connectivity index (χ4n) is 3.24. The van der Waals surface area contributed by atoms with E-state index in [0.29, 0.717) is 42.8 Å². The van der Waals surface area contributed by atoms with Crippen LogP contribution in [0.3, 0.4) is 0 Å². The van der Waals surface area contributed by atoms with Crippen LogP contribution >= 0.6 is 0 Å². The summed E-state index contributed by atoms with van der Waals surface area (Å²) in [5.74, 6) is -0.594. The zero-order chi connectivity index (χ0) is 22.1. The van der Waals surface area contributed by atoms with Gasteiger partial charge in [-0.1, -0.05) is 0 Å². The van der Waals surface area contributed by atoms with Crippen molar-refractivity contribution in [2.75, 3.05) is 38.2 Å². The third-order valence-corrected chi connectivity index (χ3v) is 4.65. The number of hydrogen-bond donors (Lipinski definition) is 0. The van der Waals surface area contributed by atoms with E-state index in [1.54, 1.807) is 11.0 Å². The molecule has 0 radical (unpaired) electrons. The molecule has 3 rings (SSSR count). The molecular formula is C20H24N4O6. The average molecular weight is 416 g/mol. The van der Waals surface area contributed by atoms with E-state index in [1.165, 1.54) is 25.3 Å². The first kappa shape index (κ1) is 21.3. The summed E-state index contributed by atoms with van der Waals surface area (Å²) in [4.78, 5) is 43.0. The Balaban J connectivity index is 1.92. The summed E-state index contributed by atoms with van der Waals surface area (Å²) in [6.45, 7) is 7.22. The number of ether oxygens (including phenoxy) is 2. The molecule has 0 unspecified atom stereocenters. The van der Waals surface area contributed by atoms with E-state index in [4.69, 9.17) is 9.47 Å². The van der Waals surface area contributed by atoms with Gasteiger partial charge in [-0.05, 0) is 32.9 Å². The second-order valence-corrected chi connectivity index (χ2v) is 7.93. The van der Waals surface area contributed by atoms with Gasteiger partial charge in [0.2, 0.25) is 0 Å². The van der Waals surface area contributed by atoms with Gasteiger partial charge in [-0.15, -0.1) is 0 Å². The van der Waals surface area contributed by atoms with Gasteiger partial charge in [-0.2, -0.15) is 0 Å². The Morgan fingerprint density at radius 1 is 1.13 bits per heavy atom. The monoisotopic (exact) mass is 416 g/mol. The summed E-state index contributed by atoms with van der Waals surface area (Å²) in [5.41, 5.74) is 0.553. The van der Waals surface area contributed by atoms with Crippen molar-refractivity contribution in [3.63, 3.8) is 0 Å². The molecule has 10 heteroatoms. The lowest BCUT2D eigenvalue weighted by Gasteiger charge is -2.37. The largest absolute Gasteiger partial charge is 0.464 e. The molecule has 0 N–H and O–H groups in total. The van der Waals surface area contributed by atoms with E-state index in [2.05, 4.69) is 4.98 Å². The Morgan fingerprint density at radius 3 is 2.37 bits per heavy atom. The quantitative estimate of drug-likeness (QED) is 0.426. The Kier molecular flexibility index (Phi) is 5.77. The number of hydrogen-bond acceptors (Lipinski definition) is 8. The van der Waals surface area contributed by atoms with Crippen LogP contribution in [0.15, 0.2) is 24.3 Å². The Hall–Kier alpha value is -3.43. The van der Waals surface area contributed by atoms with Crippen LogP contribution < -0.4 is 4.90 Å². The topological polar surface area (TPSA) is 115 Å². The van der Waals surface area contributed by atoms with E-state index in [1.807, 2.05) is 25.7 Å². The number of anilines is 1. The molecule has 1 saturated heterocycles. The highest BCUT2D eigenvalue weighted by Gasteiger charge is 2.27. The smallest absolute Gasteiger partial charge is 0.410 e. The predicted octanol–water partition coefficient (Wildman–Crippen LogP) is 2.99. The van der Waals surface area contributed by atoms with E-state index >= 15 is 0 Å². The number of piperazine rings is 1. The van der Waals surface area contributed by atoms with Crippen molar-refractivity contribution >= 4 is 34.3 Å². The van der Waals surface area contributed by atoms with Gasteiger partial charge in [-0.25, -0.2) is 14.6 Å². The molecule has 1 fully saturated rings. The van der Waals surface area contributed by atoms with Gasteiger partial charge in [0.05, 0.1) is 17.5 Å². The summed E-state index contributed by atoms with van der Waals surface area (Å²) in [6.07, 6.45) is -0.382. The third-order valence-electron chi connectivity index (χ3n) is 4.65. The van der Waals surface area contributed by atoms with Gasteiger partial charge < -0.3 is 19.3 Å². The lowest BCUT2D eigenvalue weighted by molar-refractivity contribution is -0.384. The Bertz CT molecular complexity index is 993. The summed E-state index contributed by atoms with van der Waals surface area (Å²) in [7, 11) is 1.27. The van der Waals surface area contributed by atoms with Crippen molar-refractivity contribution in [1.82, 2.24) is 9.88 Å². The number of methoxy groups -OCH3 is 1. The SMILES string of the molecule is COC(=O)c1cc(N2CCN(C(=O)OC(C)(C)C)CC2)c2cc([N+](=O)[O-])ccc2n1. The molecule has 0 saturated carbocycles. The van der Waals surface area contributed by atoms with Gasteiger partial charge in [0.15, 0.2) is 5.69 Å². The zero-order valence-corrected chi connectivity index (χ0v) is 17.4. The van der Waals surface area contributed by atoms with Crippen LogP contribution in [-0.4, -0.2) is 65.8 Å². The lowest BCUT2D eigenvalue weighted by Crippen LogP contribution is -2.50. The van der Waals surface area contributed by atoms with Crippen molar-refractivity contribution in [3.05, 3.63) is 40.1 Å². The molecular weight excluding hydrogens is 392 g/mol. The van der Waals surface area contributed by atoms with Gasteiger partial charge in [0.25, 0.3) is 5.69 Å². The van der Waals surface area contributed by atoms with E-state index in [0.717, 1.165) is 0 Å². The van der Waals surface area contributed by atoms with Gasteiger partial charge in [0, 0.05) is 49.4 Å². The zero-order valence-electron chi connectivity index (χ0n) is 17.4. The van der Waals surface area contributed by atoms with Crippen LogP contribution in [0.25, 0.3) is 10.9 Å². The van der Waals surface area contributed by atoms with Crippen LogP contribution in [0, 0.1) is 10.1 Å². The van der Waals surface area contributed by atoms with Crippen molar-refractivity contribution in [2.45, 2.75) is 26.4 Å². The summed E-state index contributed by atoms with van der Waals surface area (Å²) >= 11 is 0. The number of aromatic nitrogens is 1. The van der Waals surface area contributed by atoms with Gasteiger partial charge in [-0.3, -0.25) is 10.1 Å². The molecule has 0 bridgehead atoms. The van der Waals surface area contributed by atoms with Crippen molar-refractivity contribution in [3.8, 4) is 0 Å². The fraction of sp³-hybridized carbons (Fsp3) is 0.450. The first-order chi connectivity index (χ1) is 14.1. The highest BCUT2D eigenvalue weighted by molar-refractivity contribution is 5.99. The minimum atomic E-state index is -0.594. The molecule has 1 aromatic carbocycles. The molecule has 0 atom stereocenters. The second kappa shape index (κ2) is 8.13. The molecule has 2 aromatic rings. The number of benzene rings is 1. The molecule has 1 aromatic heterocycles. The number of non-ortho nitro benzene ring substituents is 1. The van der Waals surface area contributed by atoms with Gasteiger partial charge in [0.1, 0.15) is 5.60 Å². The minimum Gasteiger partial charge on any atom is -0.464 e. The predicted molar refractivity (Wildman–Crippen MR) is 110 cm³/mol. The minimum absolute atomic E-state index is 0.0660. The van der Waals surface area contributed by atoms with Crippen LogP contribution in [-0.2, 0) is 9.47 Å². The lowest BCUT2D eigenvalue weighted by atomic mass is 10.1. The van der Waals surface area contributed by atoms with Crippen molar-refractivity contribution in [1.29, 1.82) is 0 Å². The summed E-state index contributed by atoms with van der Waals surface area (Å²) in [5, 5.41) is 11.8. The maximum absolute atomic E-state index is 12.3. The first-order valence-electron chi connectivity index (χ1n) is 9.49. The number of nitrogens with zero attached hydrogens (tertiary/aromatic N) is 4. The van der Waals surface area contributed by atoms with Crippen molar-refractivity contribution in [2.24, 2.45) is 0 Å². The maximum Gasteiger partial charge on any atom is 0.410 e. The number of pyridine rings is 1. The van der Waals surface area contributed by atoms with E-state index < -0.39 is 16.5 Å². The third kappa shape index (κ3) is 4.58. The Labute approximate surface area is 173 Å². The van der Waals surface area contributed by atoms with E-state index in [9.17, 15) is 19.7 Å². The molecule has 2 heterocycles. The maximum atomic E-state index is 12.3. The van der Waals surface area contributed by atoms with Crippen LogP contribution in [0.5, 0.6) is 0 Å². The van der Waals surface area contributed by atoms with Gasteiger partial charge >= 0.3 is 12.1 Å². The standard InChI is InChI=1S/C20H24N4O6/c1-20(2,3)30-19(26)23-9-7-22(8-10-23)17-12-16(18(25)29-4)21-15-6-5-13(24(27)28)11-14(15)17/h5-6,11-12H,7-10H2,1-4H3. The number of amides is 1. The Morgan fingerprint density at radius 2 is 1.80 bits per heavy atom. The number of rotatable bonds is 3. The first-order valence-corrected chi connectivity index (χ1v) is 9.49. The van der Waals surface area contributed by atoms with Crippen LogP contribution in [0.2, 0.25) is 0 Å². The number of esters is 1. The summed E-state index contributed by atoms with van der Waals surface area (Å²) in [6, 6.07) is 5.88. The molecule has 0 aliphatic carbocycles. The second-order valence-electron chi connectivity index (χ2n) is 7.93. The highest BCUT2D eigenvalue weighted by Crippen LogP contribution is 2.31.